The number of aromatic nitrogens is 2. The lowest BCUT2D eigenvalue weighted by atomic mass is 10.0. The Morgan fingerprint density at radius 1 is 0.778 bits per heavy atom. The van der Waals surface area contributed by atoms with Gasteiger partial charge in [-0.25, -0.2) is 4.98 Å². The summed E-state index contributed by atoms with van der Waals surface area (Å²) in [6.07, 6.45) is 2.06. The van der Waals surface area contributed by atoms with E-state index in [1.54, 1.807) is 0 Å². The van der Waals surface area contributed by atoms with Gasteiger partial charge in [0.2, 0.25) is 0 Å². The molecule has 0 atom stereocenters. The largest absolute Gasteiger partial charge is 0.282 e. The van der Waals surface area contributed by atoms with Crippen LogP contribution in [0.2, 0.25) is 0 Å². The fourth-order valence-corrected chi connectivity index (χ4v) is 3.27. The highest BCUT2D eigenvalue weighted by atomic mass is 15.2. The number of azo groups is 1. The van der Waals surface area contributed by atoms with E-state index in [0.717, 1.165) is 39.5 Å². The van der Waals surface area contributed by atoms with E-state index < -0.39 is 0 Å². The molecule has 0 spiro atoms. The summed E-state index contributed by atoms with van der Waals surface area (Å²) < 4.78 is 2.02. The van der Waals surface area contributed by atoms with Gasteiger partial charge in [0.1, 0.15) is 11.3 Å². The molecule has 4 aromatic rings. The third-order valence-corrected chi connectivity index (χ3v) is 4.75. The van der Waals surface area contributed by atoms with Crippen molar-refractivity contribution in [1.29, 1.82) is 0 Å². The zero-order valence-corrected chi connectivity index (χ0v) is 16.1. The van der Waals surface area contributed by atoms with Gasteiger partial charge in [-0.15, -0.1) is 10.2 Å². The zero-order valence-electron chi connectivity index (χ0n) is 16.1. The minimum atomic E-state index is 0.754. The Hall–Kier alpha value is -3.27. The molecule has 0 saturated heterocycles. The molecule has 0 amide bonds. The second-order valence-electron chi connectivity index (χ2n) is 7.02. The van der Waals surface area contributed by atoms with E-state index >= 15 is 0 Å². The number of imidazole rings is 1. The van der Waals surface area contributed by atoms with Gasteiger partial charge in [0.15, 0.2) is 5.82 Å². The average Bonchev–Trinajstić information content (AvgIpc) is 2.98. The van der Waals surface area contributed by atoms with Crippen molar-refractivity contribution in [3.8, 4) is 11.3 Å². The fraction of sp³-hybridized carbons (Fsp3) is 0.174. The van der Waals surface area contributed by atoms with Crippen molar-refractivity contribution in [2.24, 2.45) is 10.2 Å². The van der Waals surface area contributed by atoms with E-state index in [9.17, 15) is 0 Å². The molecule has 2 aromatic heterocycles. The lowest BCUT2D eigenvalue weighted by molar-refractivity contribution is 1.09. The maximum Gasteiger partial charge on any atom is 0.187 e. The summed E-state index contributed by atoms with van der Waals surface area (Å²) in [4.78, 5) is 4.86. The quantitative estimate of drug-likeness (QED) is 0.380. The van der Waals surface area contributed by atoms with Crippen LogP contribution in [0.5, 0.6) is 0 Å². The second kappa shape index (κ2) is 6.80. The van der Waals surface area contributed by atoms with Gasteiger partial charge in [0, 0.05) is 11.8 Å². The first kappa shape index (κ1) is 17.2. The van der Waals surface area contributed by atoms with Crippen LogP contribution in [0, 0.1) is 27.7 Å². The summed E-state index contributed by atoms with van der Waals surface area (Å²) in [7, 11) is 0. The van der Waals surface area contributed by atoms with Crippen LogP contribution in [0.1, 0.15) is 22.3 Å². The fourth-order valence-electron chi connectivity index (χ4n) is 3.27. The third-order valence-electron chi connectivity index (χ3n) is 4.75. The Morgan fingerprint density at radius 3 is 2.33 bits per heavy atom. The summed E-state index contributed by atoms with van der Waals surface area (Å²) in [5.41, 5.74) is 8.34. The monoisotopic (exact) mass is 354 g/mol. The topological polar surface area (TPSA) is 42.0 Å². The molecule has 0 radical (unpaired) electrons. The highest BCUT2D eigenvalue weighted by molar-refractivity contribution is 5.77. The Labute approximate surface area is 159 Å². The van der Waals surface area contributed by atoms with Crippen molar-refractivity contribution < 1.29 is 0 Å². The SMILES string of the molecule is Cc1ccc(-c2nc3ccc(C)cn3c2N=Nc2ccccc2C)c(C)c1. The molecule has 0 unspecified atom stereocenters. The Balaban J connectivity index is 1.94. The molecule has 0 aliphatic rings. The van der Waals surface area contributed by atoms with E-state index in [-0.39, 0.29) is 0 Å². The number of hydrogen-bond donors (Lipinski definition) is 0. The Kier molecular flexibility index (Phi) is 4.32. The van der Waals surface area contributed by atoms with Gasteiger partial charge in [0.25, 0.3) is 0 Å². The molecule has 0 fully saturated rings. The van der Waals surface area contributed by atoms with E-state index in [0.29, 0.717) is 0 Å². The van der Waals surface area contributed by atoms with Crippen LogP contribution in [0.25, 0.3) is 16.9 Å². The maximum atomic E-state index is 4.86. The second-order valence-corrected chi connectivity index (χ2v) is 7.02. The highest BCUT2D eigenvalue weighted by Crippen LogP contribution is 2.34. The van der Waals surface area contributed by atoms with Crippen LogP contribution >= 0.6 is 0 Å². The zero-order chi connectivity index (χ0) is 19.0. The number of hydrogen-bond acceptors (Lipinski definition) is 3. The molecular formula is C23H22N4. The van der Waals surface area contributed by atoms with Crippen LogP contribution in [0.3, 0.4) is 0 Å². The number of rotatable bonds is 3. The van der Waals surface area contributed by atoms with Gasteiger partial charge in [-0.05, 0) is 56.5 Å². The Bertz CT molecular complexity index is 1170. The molecule has 27 heavy (non-hydrogen) atoms. The third kappa shape index (κ3) is 3.26. The average molecular weight is 354 g/mol. The molecular weight excluding hydrogens is 332 g/mol. The summed E-state index contributed by atoms with van der Waals surface area (Å²) in [6.45, 7) is 8.32. The van der Waals surface area contributed by atoms with Gasteiger partial charge in [-0.2, -0.15) is 0 Å². The number of pyridine rings is 1. The number of nitrogens with zero attached hydrogens (tertiary/aromatic N) is 4. The van der Waals surface area contributed by atoms with Gasteiger partial charge in [-0.3, -0.25) is 4.40 Å². The summed E-state index contributed by atoms with van der Waals surface area (Å²) in [6, 6.07) is 18.5. The maximum absolute atomic E-state index is 4.86. The summed E-state index contributed by atoms with van der Waals surface area (Å²) >= 11 is 0. The Morgan fingerprint density at radius 2 is 1.56 bits per heavy atom. The standard InChI is InChI=1S/C23H22N4/c1-15-9-11-19(18(4)13-15)22-23(26-25-20-8-6-5-7-17(20)3)27-14-16(2)10-12-21(27)24-22/h5-14H,1-4H3. The van der Waals surface area contributed by atoms with E-state index in [1.807, 2.05) is 41.7 Å². The molecule has 0 aliphatic heterocycles. The molecule has 0 N–H and O–H groups in total. The lowest BCUT2D eigenvalue weighted by Crippen LogP contribution is -1.86. The number of benzene rings is 2. The van der Waals surface area contributed by atoms with Crippen LogP contribution in [-0.2, 0) is 0 Å². The van der Waals surface area contributed by atoms with Crippen LogP contribution in [0.15, 0.2) is 71.0 Å². The molecule has 2 aromatic carbocycles. The normalized spacial score (nSPS) is 11.6. The lowest BCUT2D eigenvalue weighted by Gasteiger charge is -2.05. The van der Waals surface area contributed by atoms with Crippen LogP contribution in [-0.4, -0.2) is 9.38 Å². The predicted molar refractivity (Wildman–Crippen MR) is 110 cm³/mol. The minimum Gasteiger partial charge on any atom is -0.282 e. The van der Waals surface area contributed by atoms with Crippen molar-refractivity contribution in [3.63, 3.8) is 0 Å². The molecule has 2 heterocycles. The van der Waals surface area contributed by atoms with Gasteiger partial charge in [-0.1, -0.05) is 48.0 Å². The van der Waals surface area contributed by atoms with Crippen molar-refractivity contribution in [3.05, 3.63) is 83.0 Å². The molecule has 4 nitrogen and oxygen atoms in total. The van der Waals surface area contributed by atoms with Crippen molar-refractivity contribution in [1.82, 2.24) is 9.38 Å². The molecule has 4 heteroatoms. The summed E-state index contributed by atoms with van der Waals surface area (Å²) in [5, 5.41) is 9.16. The van der Waals surface area contributed by atoms with Crippen molar-refractivity contribution >= 4 is 17.2 Å². The van der Waals surface area contributed by atoms with E-state index in [1.165, 1.54) is 11.1 Å². The first-order chi connectivity index (χ1) is 13.0. The number of aryl methyl sites for hydroxylation is 4. The van der Waals surface area contributed by atoms with Crippen molar-refractivity contribution in [2.45, 2.75) is 27.7 Å². The first-order valence-electron chi connectivity index (χ1n) is 9.06. The van der Waals surface area contributed by atoms with Crippen LogP contribution < -0.4 is 0 Å². The van der Waals surface area contributed by atoms with Gasteiger partial charge >= 0.3 is 0 Å². The highest BCUT2D eigenvalue weighted by Gasteiger charge is 2.16. The predicted octanol–water partition coefficient (Wildman–Crippen LogP) is 6.65. The van der Waals surface area contributed by atoms with Crippen molar-refractivity contribution in [2.75, 3.05) is 0 Å². The van der Waals surface area contributed by atoms with Gasteiger partial charge < -0.3 is 0 Å². The van der Waals surface area contributed by atoms with E-state index in [2.05, 4.69) is 61.5 Å². The molecule has 0 saturated carbocycles. The van der Waals surface area contributed by atoms with E-state index in [4.69, 9.17) is 4.98 Å². The first-order valence-corrected chi connectivity index (χ1v) is 9.06. The van der Waals surface area contributed by atoms with Crippen LogP contribution in [0.4, 0.5) is 11.5 Å². The smallest absolute Gasteiger partial charge is 0.187 e. The summed E-state index contributed by atoms with van der Waals surface area (Å²) in [5.74, 6) is 0.754. The molecule has 4 rings (SSSR count). The molecule has 0 bridgehead atoms. The van der Waals surface area contributed by atoms with Gasteiger partial charge in [0.05, 0.1) is 5.69 Å². The molecule has 134 valence electrons. The molecule has 0 aliphatic carbocycles. The minimum absolute atomic E-state index is 0.754. The number of fused-ring (bicyclic) bond motifs is 1.